The smallest absolute Gasteiger partial charge is 0.263 e. The molecule has 0 amide bonds. The zero-order valence-electron chi connectivity index (χ0n) is 10.9. The third kappa shape index (κ3) is 2.53. The Balaban J connectivity index is 1.73. The van der Waals surface area contributed by atoms with Crippen LogP contribution in [0.5, 0.6) is 0 Å². The average Bonchev–Trinajstić information content (AvgIpc) is 3.06. The third-order valence-corrected chi connectivity index (χ3v) is 3.80. The van der Waals surface area contributed by atoms with Gasteiger partial charge in [0.1, 0.15) is 11.4 Å². The van der Waals surface area contributed by atoms with Gasteiger partial charge in [0.05, 0.1) is 11.9 Å². The van der Waals surface area contributed by atoms with Gasteiger partial charge in [-0.25, -0.2) is 0 Å². The van der Waals surface area contributed by atoms with Gasteiger partial charge in [0.25, 0.3) is 5.89 Å². The molecule has 6 nitrogen and oxygen atoms in total. The predicted octanol–water partition coefficient (Wildman–Crippen LogP) is 2.34. The molecular weight excluding hydrogens is 274 g/mol. The zero-order valence-corrected chi connectivity index (χ0v) is 11.7. The lowest BCUT2D eigenvalue weighted by Gasteiger charge is -1.96. The van der Waals surface area contributed by atoms with Crippen LogP contribution in [0.3, 0.4) is 0 Å². The second-order valence-electron chi connectivity index (χ2n) is 4.18. The van der Waals surface area contributed by atoms with Crippen molar-refractivity contribution >= 4 is 17.6 Å². The molecule has 2 N–H and O–H groups in total. The maximum atomic E-state index is 5.88. The summed E-state index contributed by atoms with van der Waals surface area (Å²) in [5, 5.41) is 8.01. The van der Waals surface area contributed by atoms with E-state index in [2.05, 4.69) is 15.2 Å². The van der Waals surface area contributed by atoms with Gasteiger partial charge >= 0.3 is 0 Å². The number of thioether (sulfide) groups is 1. The highest BCUT2D eigenvalue weighted by atomic mass is 32.2. The zero-order chi connectivity index (χ0) is 13.9. The number of hydrogen-bond acceptors (Lipinski definition) is 6. The molecule has 3 rings (SSSR count). The van der Waals surface area contributed by atoms with Gasteiger partial charge in [0.2, 0.25) is 0 Å². The van der Waals surface area contributed by atoms with Gasteiger partial charge in [-0.1, -0.05) is 23.4 Å². The first-order valence-corrected chi connectivity index (χ1v) is 7.01. The summed E-state index contributed by atoms with van der Waals surface area (Å²) in [5.74, 6) is 2.19. The molecule has 0 fully saturated rings. The fraction of sp³-hybridized carbons (Fsp3) is 0.154. The lowest BCUT2D eigenvalue weighted by atomic mass is 10.3. The molecule has 0 saturated heterocycles. The lowest BCUT2D eigenvalue weighted by Crippen LogP contribution is -1.98. The van der Waals surface area contributed by atoms with Crippen LogP contribution in [0.25, 0.3) is 11.5 Å². The minimum absolute atomic E-state index is 0.402. The number of aromatic nitrogens is 4. The number of aryl methyl sites for hydroxylation is 1. The van der Waals surface area contributed by atoms with Crippen LogP contribution in [0.1, 0.15) is 5.82 Å². The van der Waals surface area contributed by atoms with Crippen molar-refractivity contribution in [2.24, 2.45) is 7.05 Å². The number of nitrogen functional groups attached to an aromatic ring is 1. The van der Waals surface area contributed by atoms with E-state index in [1.165, 1.54) is 4.90 Å². The van der Waals surface area contributed by atoms with E-state index in [0.29, 0.717) is 28.8 Å². The summed E-state index contributed by atoms with van der Waals surface area (Å²) in [4.78, 5) is 5.50. The molecule has 2 heterocycles. The molecular formula is C13H13N5OS. The van der Waals surface area contributed by atoms with Crippen molar-refractivity contribution in [2.45, 2.75) is 10.6 Å². The molecule has 0 aliphatic heterocycles. The Labute approximate surface area is 120 Å². The van der Waals surface area contributed by atoms with Crippen molar-refractivity contribution < 1.29 is 4.52 Å². The Bertz CT molecular complexity index is 707. The standard InChI is InChI=1S/C13H13N5OS/c1-18-12(14)10(7-15-18)13-16-11(17-19-13)8-20-9-5-3-2-4-6-9/h2-7H,8,14H2,1H3. The summed E-state index contributed by atoms with van der Waals surface area (Å²) in [6.07, 6.45) is 1.62. The largest absolute Gasteiger partial charge is 0.383 e. The van der Waals surface area contributed by atoms with Crippen molar-refractivity contribution in [3.8, 4) is 11.5 Å². The predicted molar refractivity (Wildman–Crippen MR) is 76.9 cm³/mol. The van der Waals surface area contributed by atoms with Gasteiger partial charge in [0.15, 0.2) is 5.82 Å². The lowest BCUT2D eigenvalue weighted by molar-refractivity contribution is 0.425. The number of rotatable bonds is 4. The van der Waals surface area contributed by atoms with Crippen molar-refractivity contribution in [1.29, 1.82) is 0 Å². The van der Waals surface area contributed by atoms with E-state index in [-0.39, 0.29) is 0 Å². The summed E-state index contributed by atoms with van der Waals surface area (Å²) < 4.78 is 6.79. The number of benzene rings is 1. The van der Waals surface area contributed by atoms with Crippen molar-refractivity contribution in [2.75, 3.05) is 5.73 Å². The number of anilines is 1. The van der Waals surface area contributed by atoms with Crippen LogP contribution in [0.2, 0.25) is 0 Å². The Morgan fingerprint density at radius 1 is 1.30 bits per heavy atom. The maximum absolute atomic E-state index is 5.88. The third-order valence-electron chi connectivity index (χ3n) is 2.79. The molecule has 0 radical (unpaired) electrons. The summed E-state index contributed by atoms with van der Waals surface area (Å²) >= 11 is 1.65. The first kappa shape index (κ1) is 12.7. The SMILES string of the molecule is Cn1ncc(-c2nc(CSc3ccccc3)no2)c1N. The Kier molecular flexibility index (Phi) is 3.42. The van der Waals surface area contributed by atoms with Gasteiger partial charge in [-0.05, 0) is 12.1 Å². The quantitative estimate of drug-likeness (QED) is 0.742. The molecule has 3 aromatic rings. The van der Waals surface area contributed by atoms with Crippen molar-refractivity contribution in [3.05, 3.63) is 42.4 Å². The van der Waals surface area contributed by atoms with Crippen LogP contribution < -0.4 is 5.73 Å². The maximum Gasteiger partial charge on any atom is 0.263 e. The molecule has 7 heteroatoms. The molecule has 1 aromatic carbocycles. The summed E-state index contributed by atoms with van der Waals surface area (Å²) in [6.45, 7) is 0. The second kappa shape index (κ2) is 5.38. The Morgan fingerprint density at radius 3 is 2.80 bits per heavy atom. The number of nitrogens with zero attached hydrogens (tertiary/aromatic N) is 4. The van der Waals surface area contributed by atoms with E-state index in [1.807, 2.05) is 30.3 Å². The Hall–Kier alpha value is -2.28. The number of hydrogen-bond donors (Lipinski definition) is 1. The van der Waals surface area contributed by atoms with Crippen LogP contribution in [0, 0.1) is 0 Å². The molecule has 0 unspecified atom stereocenters. The Morgan fingerprint density at radius 2 is 2.10 bits per heavy atom. The van der Waals surface area contributed by atoms with Crippen LogP contribution in [-0.2, 0) is 12.8 Å². The highest BCUT2D eigenvalue weighted by Gasteiger charge is 2.14. The van der Waals surface area contributed by atoms with Gasteiger partial charge in [-0.2, -0.15) is 10.1 Å². The van der Waals surface area contributed by atoms with E-state index >= 15 is 0 Å². The van der Waals surface area contributed by atoms with Crippen LogP contribution in [0.15, 0.2) is 45.9 Å². The first-order chi connectivity index (χ1) is 9.74. The summed E-state index contributed by atoms with van der Waals surface area (Å²) in [5.41, 5.74) is 6.54. The van der Waals surface area contributed by atoms with E-state index in [1.54, 1.807) is 29.7 Å². The van der Waals surface area contributed by atoms with E-state index in [4.69, 9.17) is 10.3 Å². The van der Waals surface area contributed by atoms with E-state index < -0.39 is 0 Å². The number of nitrogens with two attached hydrogens (primary N) is 1. The molecule has 2 aromatic heterocycles. The summed E-state index contributed by atoms with van der Waals surface area (Å²) in [6, 6.07) is 10.1. The van der Waals surface area contributed by atoms with Crippen molar-refractivity contribution in [3.63, 3.8) is 0 Å². The highest BCUT2D eigenvalue weighted by molar-refractivity contribution is 7.98. The molecule has 0 saturated carbocycles. The van der Waals surface area contributed by atoms with Gasteiger partial charge in [-0.15, -0.1) is 11.8 Å². The fourth-order valence-corrected chi connectivity index (χ4v) is 2.46. The van der Waals surface area contributed by atoms with Gasteiger partial charge in [-0.3, -0.25) is 4.68 Å². The topological polar surface area (TPSA) is 82.8 Å². The minimum atomic E-state index is 0.402. The van der Waals surface area contributed by atoms with Gasteiger partial charge in [0, 0.05) is 11.9 Å². The normalized spacial score (nSPS) is 10.8. The minimum Gasteiger partial charge on any atom is -0.383 e. The molecule has 0 aliphatic rings. The molecule has 102 valence electrons. The summed E-state index contributed by atoms with van der Waals surface area (Å²) in [7, 11) is 1.77. The molecule has 0 bridgehead atoms. The van der Waals surface area contributed by atoms with E-state index in [9.17, 15) is 0 Å². The molecule has 20 heavy (non-hydrogen) atoms. The van der Waals surface area contributed by atoms with Crippen molar-refractivity contribution in [1.82, 2.24) is 19.9 Å². The molecule has 0 spiro atoms. The monoisotopic (exact) mass is 287 g/mol. The van der Waals surface area contributed by atoms with Crippen LogP contribution in [-0.4, -0.2) is 19.9 Å². The highest BCUT2D eigenvalue weighted by Crippen LogP contribution is 2.25. The molecule has 0 atom stereocenters. The van der Waals surface area contributed by atoms with Crippen LogP contribution >= 0.6 is 11.8 Å². The second-order valence-corrected chi connectivity index (χ2v) is 5.23. The first-order valence-electron chi connectivity index (χ1n) is 6.02. The molecule has 0 aliphatic carbocycles. The fourth-order valence-electron chi connectivity index (χ4n) is 1.70. The van der Waals surface area contributed by atoms with E-state index in [0.717, 1.165) is 0 Å². The van der Waals surface area contributed by atoms with Crippen LogP contribution in [0.4, 0.5) is 5.82 Å². The van der Waals surface area contributed by atoms with Gasteiger partial charge < -0.3 is 10.3 Å². The average molecular weight is 287 g/mol.